The molecule has 0 unspecified atom stereocenters. The second-order valence-electron chi connectivity index (χ2n) is 6.90. The number of hydrogen-bond donors (Lipinski definition) is 1. The Bertz CT molecular complexity index is 832. The molecule has 0 fully saturated rings. The number of hydrogen-bond acceptors (Lipinski definition) is 3. The van der Waals surface area contributed by atoms with Crippen molar-refractivity contribution < 1.29 is 9.59 Å². The first-order chi connectivity index (χ1) is 11.4. The van der Waals surface area contributed by atoms with Gasteiger partial charge in [-0.3, -0.25) is 9.59 Å². The molecule has 3 rings (SSSR count). The molecule has 24 heavy (non-hydrogen) atoms. The average molecular weight is 319 g/mol. The molecule has 0 saturated heterocycles. The second-order valence-corrected chi connectivity index (χ2v) is 6.90. The fourth-order valence-electron chi connectivity index (χ4n) is 3.10. The lowest BCUT2D eigenvalue weighted by Gasteiger charge is -2.35. The van der Waals surface area contributed by atoms with Crippen molar-refractivity contribution in [1.82, 2.24) is 5.32 Å². The molecular formula is C21H21NO2. The summed E-state index contributed by atoms with van der Waals surface area (Å²) >= 11 is 0. The molecule has 1 heterocycles. The van der Waals surface area contributed by atoms with Crippen LogP contribution < -0.4 is 5.32 Å². The van der Waals surface area contributed by atoms with E-state index in [0.29, 0.717) is 11.1 Å². The lowest BCUT2D eigenvalue weighted by molar-refractivity contribution is 0.101. The van der Waals surface area contributed by atoms with E-state index in [0.717, 1.165) is 23.2 Å². The molecule has 0 spiro atoms. The maximum Gasteiger partial charge on any atom is 0.187 e. The van der Waals surface area contributed by atoms with Gasteiger partial charge in [-0.05, 0) is 38.8 Å². The van der Waals surface area contributed by atoms with Crippen molar-refractivity contribution in [3.05, 3.63) is 76.9 Å². The topological polar surface area (TPSA) is 46.2 Å². The highest BCUT2D eigenvalue weighted by Gasteiger charge is 2.28. The minimum Gasteiger partial charge on any atom is -0.379 e. The van der Waals surface area contributed by atoms with Crippen LogP contribution in [0.25, 0.3) is 5.70 Å². The Morgan fingerprint density at radius 2 is 1.75 bits per heavy atom. The van der Waals surface area contributed by atoms with Gasteiger partial charge in [-0.1, -0.05) is 42.5 Å². The summed E-state index contributed by atoms with van der Waals surface area (Å²) in [6.07, 6.45) is 2.46. The Hall–Kier alpha value is -2.68. The molecule has 1 N–H and O–H groups in total. The zero-order valence-corrected chi connectivity index (χ0v) is 14.2. The molecule has 0 radical (unpaired) electrons. The molecule has 1 aliphatic heterocycles. The SMILES string of the molecule is CC(=O)c1ccc2c(c1)CC(C)(C)NC2=CC(=O)c1ccccc1. The van der Waals surface area contributed by atoms with E-state index in [1.165, 1.54) is 0 Å². The van der Waals surface area contributed by atoms with E-state index in [2.05, 4.69) is 19.2 Å². The van der Waals surface area contributed by atoms with Gasteiger partial charge in [-0.15, -0.1) is 0 Å². The van der Waals surface area contributed by atoms with E-state index in [1.807, 2.05) is 48.5 Å². The first kappa shape index (κ1) is 16.2. The molecule has 0 aromatic heterocycles. The number of benzene rings is 2. The quantitative estimate of drug-likeness (QED) is 0.686. The zero-order chi connectivity index (χ0) is 17.3. The average Bonchev–Trinajstić information content (AvgIpc) is 2.54. The van der Waals surface area contributed by atoms with Crippen LogP contribution in [0.1, 0.15) is 52.6 Å². The van der Waals surface area contributed by atoms with Gasteiger partial charge in [0.15, 0.2) is 11.6 Å². The molecular weight excluding hydrogens is 298 g/mol. The first-order valence-corrected chi connectivity index (χ1v) is 8.09. The summed E-state index contributed by atoms with van der Waals surface area (Å²) in [5.41, 5.74) is 4.09. The minimum atomic E-state index is -0.175. The van der Waals surface area contributed by atoms with Crippen LogP contribution in [0.4, 0.5) is 0 Å². The number of carbonyl (C=O) groups excluding carboxylic acids is 2. The third kappa shape index (κ3) is 3.30. The van der Waals surface area contributed by atoms with Crippen LogP contribution in [-0.2, 0) is 6.42 Å². The molecule has 1 aliphatic rings. The van der Waals surface area contributed by atoms with Crippen molar-refractivity contribution in [2.75, 3.05) is 0 Å². The van der Waals surface area contributed by atoms with Crippen molar-refractivity contribution in [3.8, 4) is 0 Å². The molecule has 0 saturated carbocycles. The first-order valence-electron chi connectivity index (χ1n) is 8.09. The summed E-state index contributed by atoms with van der Waals surface area (Å²) in [6, 6.07) is 14.9. The van der Waals surface area contributed by atoms with Gasteiger partial charge in [0.25, 0.3) is 0 Å². The van der Waals surface area contributed by atoms with Crippen LogP contribution in [0.15, 0.2) is 54.6 Å². The molecule has 3 nitrogen and oxygen atoms in total. The van der Waals surface area contributed by atoms with Crippen molar-refractivity contribution >= 4 is 17.3 Å². The number of Topliss-reactive ketones (excluding diaryl/α,β-unsaturated/α-hetero) is 1. The smallest absolute Gasteiger partial charge is 0.187 e. The van der Waals surface area contributed by atoms with Crippen LogP contribution in [0.2, 0.25) is 0 Å². The molecule has 3 heteroatoms. The minimum absolute atomic E-state index is 0.0302. The fraction of sp³-hybridized carbons (Fsp3) is 0.238. The molecule has 2 aromatic rings. The molecule has 122 valence electrons. The van der Waals surface area contributed by atoms with Crippen molar-refractivity contribution in [3.63, 3.8) is 0 Å². The summed E-state index contributed by atoms with van der Waals surface area (Å²) in [5, 5.41) is 3.45. The highest BCUT2D eigenvalue weighted by atomic mass is 16.1. The van der Waals surface area contributed by atoms with Gasteiger partial charge >= 0.3 is 0 Å². The number of rotatable bonds is 3. The standard InChI is InChI=1S/C21H21NO2/c1-14(23)16-9-10-18-17(11-16)13-21(2,3)22-19(18)12-20(24)15-7-5-4-6-8-15/h4-12,22H,13H2,1-3H3. The third-order valence-corrected chi connectivity index (χ3v) is 4.24. The zero-order valence-electron chi connectivity index (χ0n) is 14.2. The third-order valence-electron chi connectivity index (χ3n) is 4.24. The Labute approximate surface area is 142 Å². The maximum atomic E-state index is 12.5. The number of fused-ring (bicyclic) bond motifs is 1. The Balaban J connectivity index is 2.05. The summed E-state index contributed by atoms with van der Waals surface area (Å²) in [7, 11) is 0. The van der Waals surface area contributed by atoms with Gasteiger partial charge in [0, 0.05) is 34.0 Å². The summed E-state index contributed by atoms with van der Waals surface area (Å²) in [4.78, 5) is 24.2. The van der Waals surface area contributed by atoms with Gasteiger partial charge in [0.1, 0.15) is 0 Å². The fourth-order valence-corrected chi connectivity index (χ4v) is 3.10. The van der Waals surface area contributed by atoms with E-state index < -0.39 is 0 Å². The van der Waals surface area contributed by atoms with Gasteiger partial charge in [0.05, 0.1) is 0 Å². The normalized spacial score (nSPS) is 17.0. The predicted molar refractivity (Wildman–Crippen MR) is 96.1 cm³/mol. The number of ketones is 2. The number of nitrogens with one attached hydrogen (secondary N) is 1. The largest absolute Gasteiger partial charge is 0.379 e. The Kier molecular flexibility index (Phi) is 4.10. The maximum absolute atomic E-state index is 12.5. The van der Waals surface area contributed by atoms with Crippen LogP contribution in [0, 0.1) is 0 Å². The van der Waals surface area contributed by atoms with Crippen LogP contribution >= 0.6 is 0 Å². The molecule has 0 aliphatic carbocycles. The van der Waals surface area contributed by atoms with Gasteiger partial charge in [-0.2, -0.15) is 0 Å². The van der Waals surface area contributed by atoms with Gasteiger partial charge < -0.3 is 5.32 Å². The van der Waals surface area contributed by atoms with Crippen molar-refractivity contribution in [2.45, 2.75) is 32.7 Å². The molecule has 0 bridgehead atoms. The van der Waals surface area contributed by atoms with E-state index in [4.69, 9.17) is 0 Å². The lowest BCUT2D eigenvalue weighted by atomic mass is 9.84. The molecule has 0 amide bonds. The summed E-state index contributed by atoms with van der Waals surface area (Å²) in [5.74, 6) is 0.0254. The summed E-state index contributed by atoms with van der Waals surface area (Å²) < 4.78 is 0. The van der Waals surface area contributed by atoms with E-state index in [9.17, 15) is 9.59 Å². The highest BCUT2D eigenvalue weighted by molar-refractivity contribution is 6.08. The monoisotopic (exact) mass is 319 g/mol. The predicted octanol–water partition coefficient (Wildman–Crippen LogP) is 4.04. The van der Waals surface area contributed by atoms with Crippen LogP contribution in [0.5, 0.6) is 0 Å². The lowest BCUT2D eigenvalue weighted by Crippen LogP contribution is -2.44. The Morgan fingerprint density at radius 3 is 2.42 bits per heavy atom. The van der Waals surface area contributed by atoms with E-state index >= 15 is 0 Å². The van der Waals surface area contributed by atoms with E-state index in [-0.39, 0.29) is 17.1 Å². The number of carbonyl (C=O) groups is 2. The molecule has 2 aromatic carbocycles. The highest BCUT2D eigenvalue weighted by Crippen LogP contribution is 2.30. The van der Waals surface area contributed by atoms with Crippen molar-refractivity contribution in [2.24, 2.45) is 0 Å². The second kappa shape index (κ2) is 6.08. The van der Waals surface area contributed by atoms with Gasteiger partial charge in [-0.25, -0.2) is 0 Å². The summed E-state index contributed by atoms with van der Waals surface area (Å²) in [6.45, 7) is 5.76. The van der Waals surface area contributed by atoms with E-state index in [1.54, 1.807) is 13.0 Å². The molecule has 0 atom stereocenters. The van der Waals surface area contributed by atoms with Crippen molar-refractivity contribution in [1.29, 1.82) is 0 Å². The number of allylic oxidation sites excluding steroid dienone is 1. The van der Waals surface area contributed by atoms with Crippen LogP contribution in [-0.4, -0.2) is 17.1 Å². The van der Waals surface area contributed by atoms with Gasteiger partial charge in [0.2, 0.25) is 0 Å². The van der Waals surface area contributed by atoms with Crippen LogP contribution in [0.3, 0.4) is 0 Å². The Morgan fingerprint density at radius 1 is 1.04 bits per heavy atom.